The van der Waals surface area contributed by atoms with Gasteiger partial charge in [-0.25, -0.2) is 0 Å². The van der Waals surface area contributed by atoms with E-state index >= 15 is 0 Å². The zero-order chi connectivity index (χ0) is 5.28. The van der Waals surface area contributed by atoms with Gasteiger partial charge in [0.15, 0.2) is 0 Å². The minimum Gasteiger partial charge on any atom is -0.376 e. The molecule has 0 aromatic heterocycles. The lowest BCUT2D eigenvalue weighted by molar-refractivity contribution is 0.0673. The Morgan fingerprint density at radius 3 is 1.71 bits per heavy atom. The summed E-state index contributed by atoms with van der Waals surface area (Å²) in [5.41, 5.74) is 0. The molecule has 42 valence electrons. The van der Waals surface area contributed by atoms with Gasteiger partial charge < -0.3 is 4.74 Å². The molecule has 1 heterocycles. The minimum absolute atomic E-state index is 0.523. The van der Waals surface area contributed by atoms with Crippen molar-refractivity contribution >= 4 is 0 Å². The fourth-order valence-corrected chi connectivity index (χ4v) is 1.00. The molecule has 0 aromatic rings. The molecule has 0 aliphatic carbocycles. The first-order valence-corrected chi connectivity index (χ1v) is 2.94. The Morgan fingerprint density at radius 2 is 1.57 bits per heavy atom. The minimum atomic E-state index is 0.523. The molecule has 1 rings (SSSR count). The van der Waals surface area contributed by atoms with Gasteiger partial charge in [-0.2, -0.15) is 0 Å². The molecule has 1 aliphatic heterocycles. The van der Waals surface area contributed by atoms with E-state index in [9.17, 15) is 0 Å². The molecule has 1 nitrogen and oxygen atoms in total. The number of hydrogen-bond acceptors (Lipinski definition) is 1. The van der Waals surface area contributed by atoms with E-state index in [0.29, 0.717) is 12.2 Å². The van der Waals surface area contributed by atoms with Gasteiger partial charge in [0.25, 0.3) is 0 Å². The van der Waals surface area contributed by atoms with Crippen molar-refractivity contribution in [3.05, 3.63) is 0 Å². The van der Waals surface area contributed by atoms with Gasteiger partial charge in [0.05, 0.1) is 12.2 Å². The van der Waals surface area contributed by atoms with Crippen LogP contribution in [0.3, 0.4) is 0 Å². The standard InChI is InChI=1S/C6H12O/c1-5-3-4-6(2)7-5/h5-6H,3-4H2,1-2H3/t5-,6?/m0/s1. The average Bonchev–Trinajstić information content (AvgIpc) is 1.87. The molecule has 0 radical (unpaired) electrons. The molecule has 0 spiro atoms. The van der Waals surface area contributed by atoms with E-state index < -0.39 is 0 Å². The van der Waals surface area contributed by atoms with Crippen LogP contribution in [0.5, 0.6) is 0 Å². The smallest absolute Gasteiger partial charge is 0.0551 e. The van der Waals surface area contributed by atoms with Gasteiger partial charge in [0.2, 0.25) is 0 Å². The van der Waals surface area contributed by atoms with E-state index in [4.69, 9.17) is 4.74 Å². The normalized spacial score (nSPS) is 42.0. The second-order valence-corrected chi connectivity index (χ2v) is 2.33. The molecule has 1 heteroatoms. The van der Waals surface area contributed by atoms with Crippen molar-refractivity contribution in [1.29, 1.82) is 0 Å². The second-order valence-electron chi connectivity index (χ2n) is 2.33. The predicted octanol–water partition coefficient (Wildman–Crippen LogP) is 1.57. The van der Waals surface area contributed by atoms with Gasteiger partial charge in [0.1, 0.15) is 0 Å². The molecule has 0 N–H and O–H groups in total. The third-order valence-corrected chi connectivity index (χ3v) is 1.44. The van der Waals surface area contributed by atoms with Crippen molar-refractivity contribution in [3.63, 3.8) is 0 Å². The van der Waals surface area contributed by atoms with E-state index in [1.807, 2.05) is 0 Å². The number of hydrogen-bond donors (Lipinski definition) is 0. The van der Waals surface area contributed by atoms with Crippen LogP contribution in [0.4, 0.5) is 0 Å². The van der Waals surface area contributed by atoms with Gasteiger partial charge in [-0.1, -0.05) is 0 Å². The van der Waals surface area contributed by atoms with Gasteiger partial charge in [-0.15, -0.1) is 0 Å². The maximum atomic E-state index is 5.36. The Bertz CT molecular complexity index is 53.2. The van der Waals surface area contributed by atoms with Crippen LogP contribution in [0.2, 0.25) is 0 Å². The molecule has 2 atom stereocenters. The van der Waals surface area contributed by atoms with Crippen LogP contribution in [0.15, 0.2) is 0 Å². The Morgan fingerprint density at radius 1 is 1.14 bits per heavy atom. The lowest BCUT2D eigenvalue weighted by atomic mass is 10.2. The molecule has 1 saturated heterocycles. The number of rotatable bonds is 0. The fourth-order valence-electron chi connectivity index (χ4n) is 1.00. The van der Waals surface area contributed by atoms with Crippen molar-refractivity contribution in [2.75, 3.05) is 0 Å². The second kappa shape index (κ2) is 1.83. The summed E-state index contributed by atoms with van der Waals surface area (Å²) in [6.07, 6.45) is 3.55. The third-order valence-electron chi connectivity index (χ3n) is 1.44. The van der Waals surface area contributed by atoms with Crippen molar-refractivity contribution in [1.82, 2.24) is 0 Å². The van der Waals surface area contributed by atoms with Gasteiger partial charge in [0, 0.05) is 0 Å². The highest BCUT2D eigenvalue weighted by molar-refractivity contribution is 4.64. The molecule has 0 saturated carbocycles. The van der Waals surface area contributed by atoms with Crippen LogP contribution < -0.4 is 0 Å². The maximum Gasteiger partial charge on any atom is 0.0551 e. The molecule has 0 aromatic carbocycles. The van der Waals surface area contributed by atoms with Gasteiger partial charge in [-0.3, -0.25) is 0 Å². The van der Waals surface area contributed by atoms with Crippen LogP contribution in [0.1, 0.15) is 26.7 Å². The SMILES string of the molecule is CC1CC[C@H](C)O1. The largest absolute Gasteiger partial charge is 0.376 e. The molecule has 1 aliphatic rings. The third kappa shape index (κ3) is 1.16. The molecular formula is C6H12O. The number of ether oxygens (including phenoxy) is 1. The predicted molar refractivity (Wildman–Crippen MR) is 29.2 cm³/mol. The summed E-state index contributed by atoms with van der Waals surface area (Å²) in [5, 5.41) is 0. The van der Waals surface area contributed by atoms with Crippen LogP contribution >= 0.6 is 0 Å². The first-order valence-electron chi connectivity index (χ1n) is 2.94. The highest BCUT2D eigenvalue weighted by atomic mass is 16.5. The van der Waals surface area contributed by atoms with Crippen LogP contribution in [-0.4, -0.2) is 12.2 Å². The summed E-state index contributed by atoms with van der Waals surface area (Å²) in [4.78, 5) is 0. The molecule has 0 bridgehead atoms. The first kappa shape index (κ1) is 5.10. The maximum absolute atomic E-state index is 5.36. The summed E-state index contributed by atoms with van der Waals surface area (Å²) in [7, 11) is 0. The molecule has 7 heavy (non-hydrogen) atoms. The highest BCUT2D eigenvalue weighted by Crippen LogP contribution is 2.17. The van der Waals surface area contributed by atoms with E-state index in [1.165, 1.54) is 12.8 Å². The summed E-state index contributed by atoms with van der Waals surface area (Å²) in [5.74, 6) is 0. The van der Waals surface area contributed by atoms with E-state index in [1.54, 1.807) is 0 Å². The lowest BCUT2D eigenvalue weighted by Gasteiger charge is -2.01. The van der Waals surface area contributed by atoms with Crippen molar-refractivity contribution in [3.8, 4) is 0 Å². The Balaban J connectivity index is 2.26. The van der Waals surface area contributed by atoms with E-state index in [0.717, 1.165) is 0 Å². The van der Waals surface area contributed by atoms with Crippen LogP contribution in [-0.2, 0) is 4.74 Å². The Kier molecular flexibility index (Phi) is 1.33. The Labute approximate surface area is 44.7 Å². The zero-order valence-corrected chi connectivity index (χ0v) is 4.98. The quantitative estimate of drug-likeness (QED) is 0.449. The van der Waals surface area contributed by atoms with Gasteiger partial charge >= 0.3 is 0 Å². The van der Waals surface area contributed by atoms with Crippen molar-refractivity contribution in [2.24, 2.45) is 0 Å². The molecule has 1 unspecified atom stereocenters. The van der Waals surface area contributed by atoms with Crippen LogP contribution in [0, 0.1) is 0 Å². The van der Waals surface area contributed by atoms with Crippen LogP contribution in [0.25, 0.3) is 0 Å². The van der Waals surface area contributed by atoms with Gasteiger partial charge in [-0.05, 0) is 26.7 Å². The average molecular weight is 100 g/mol. The summed E-state index contributed by atoms with van der Waals surface area (Å²) >= 11 is 0. The summed E-state index contributed by atoms with van der Waals surface area (Å²) < 4.78 is 5.36. The summed E-state index contributed by atoms with van der Waals surface area (Å²) in [6.45, 7) is 4.26. The molecule has 1 fully saturated rings. The summed E-state index contributed by atoms with van der Waals surface area (Å²) in [6, 6.07) is 0. The fraction of sp³-hybridized carbons (Fsp3) is 1.00. The van der Waals surface area contributed by atoms with E-state index in [-0.39, 0.29) is 0 Å². The van der Waals surface area contributed by atoms with E-state index in [2.05, 4.69) is 13.8 Å². The van der Waals surface area contributed by atoms with Crippen molar-refractivity contribution < 1.29 is 4.74 Å². The van der Waals surface area contributed by atoms with Crippen molar-refractivity contribution in [2.45, 2.75) is 38.9 Å². The first-order chi connectivity index (χ1) is 3.29. The monoisotopic (exact) mass is 100 g/mol. The Hall–Kier alpha value is -0.0400. The lowest BCUT2D eigenvalue weighted by Crippen LogP contribution is -2.01. The highest BCUT2D eigenvalue weighted by Gasteiger charge is 2.16. The molecular weight excluding hydrogens is 88.1 g/mol. The zero-order valence-electron chi connectivity index (χ0n) is 4.98. The topological polar surface area (TPSA) is 9.23 Å². The molecule has 0 amide bonds.